The van der Waals surface area contributed by atoms with Gasteiger partial charge in [-0.1, -0.05) is 6.07 Å². The van der Waals surface area contributed by atoms with Gasteiger partial charge in [0.1, 0.15) is 0 Å². The summed E-state index contributed by atoms with van der Waals surface area (Å²) in [5.41, 5.74) is 1.81. The van der Waals surface area contributed by atoms with E-state index in [4.69, 9.17) is 0 Å². The van der Waals surface area contributed by atoms with Gasteiger partial charge in [-0.2, -0.15) is 11.3 Å². The van der Waals surface area contributed by atoms with Crippen LogP contribution in [0.4, 0.5) is 0 Å². The molecule has 0 saturated carbocycles. The van der Waals surface area contributed by atoms with E-state index in [9.17, 15) is 14.7 Å². The Balaban J connectivity index is 2.27. The van der Waals surface area contributed by atoms with Gasteiger partial charge in [0.2, 0.25) is 0 Å². The van der Waals surface area contributed by atoms with Gasteiger partial charge in [0.05, 0.1) is 22.6 Å². The zero-order valence-corrected chi connectivity index (χ0v) is 11.5. The fourth-order valence-corrected chi connectivity index (χ4v) is 3.12. The number of hydrogen-bond acceptors (Lipinski definition) is 3. The summed E-state index contributed by atoms with van der Waals surface area (Å²) in [6.07, 6.45) is 0. The highest BCUT2D eigenvalue weighted by Gasteiger charge is 2.18. The van der Waals surface area contributed by atoms with E-state index in [2.05, 4.69) is 4.98 Å². The van der Waals surface area contributed by atoms with Gasteiger partial charge in [-0.05, 0) is 41.4 Å². The summed E-state index contributed by atoms with van der Waals surface area (Å²) in [6, 6.07) is 6.70. The highest BCUT2D eigenvalue weighted by molar-refractivity contribution is 7.07. The van der Waals surface area contributed by atoms with Crippen LogP contribution in [0.25, 0.3) is 11.0 Å². The number of nitrogens with one attached hydrogen (secondary N) is 1. The minimum absolute atomic E-state index is 0.107. The van der Waals surface area contributed by atoms with Crippen LogP contribution in [0.3, 0.4) is 0 Å². The van der Waals surface area contributed by atoms with Crippen molar-refractivity contribution in [1.82, 2.24) is 9.55 Å². The molecule has 0 spiro atoms. The standard InChI is InChI=1S/C14H12N2O3S/c1-8(9-5-6-20-7-9)16-11-4-2-3-10(13(17)18)12(11)15-14(16)19/h2-8H,1H3,(H,15,19)(H,17,18). The van der Waals surface area contributed by atoms with E-state index in [-0.39, 0.29) is 17.3 Å². The molecule has 2 aromatic heterocycles. The smallest absolute Gasteiger partial charge is 0.337 e. The van der Waals surface area contributed by atoms with Crippen molar-refractivity contribution >= 4 is 28.3 Å². The number of rotatable bonds is 3. The highest BCUT2D eigenvalue weighted by Crippen LogP contribution is 2.24. The Bertz CT molecular complexity index is 830. The third-order valence-electron chi connectivity index (χ3n) is 3.40. The zero-order valence-electron chi connectivity index (χ0n) is 10.7. The van der Waals surface area contributed by atoms with Gasteiger partial charge in [0, 0.05) is 0 Å². The number of aromatic nitrogens is 2. The number of imidazole rings is 1. The summed E-state index contributed by atoms with van der Waals surface area (Å²) in [7, 11) is 0. The average Bonchev–Trinajstić information content (AvgIpc) is 3.03. The van der Waals surface area contributed by atoms with Crippen LogP contribution in [0.1, 0.15) is 28.9 Å². The molecule has 2 heterocycles. The van der Waals surface area contributed by atoms with Gasteiger partial charge in [-0.3, -0.25) is 4.57 Å². The van der Waals surface area contributed by atoms with E-state index in [1.807, 2.05) is 23.8 Å². The Hall–Kier alpha value is -2.34. The molecule has 20 heavy (non-hydrogen) atoms. The lowest BCUT2D eigenvalue weighted by molar-refractivity contribution is 0.0699. The van der Waals surface area contributed by atoms with Crippen molar-refractivity contribution in [3.05, 3.63) is 56.6 Å². The molecule has 1 aromatic carbocycles. The van der Waals surface area contributed by atoms with Crippen LogP contribution in [0.15, 0.2) is 39.8 Å². The Kier molecular flexibility index (Phi) is 2.94. The van der Waals surface area contributed by atoms with Gasteiger partial charge >= 0.3 is 11.7 Å². The maximum absolute atomic E-state index is 12.2. The molecular formula is C14H12N2O3S. The van der Waals surface area contributed by atoms with E-state index in [0.29, 0.717) is 11.0 Å². The first-order valence-electron chi connectivity index (χ1n) is 6.08. The number of hydrogen-bond donors (Lipinski definition) is 2. The number of benzene rings is 1. The predicted octanol–water partition coefficient (Wildman–Crippen LogP) is 2.70. The molecule has 1 atom stereocenters. The van der Waals surface area contributed by atoms with Crippen LogP contribution in [0, 0.1) is 0 Å². The maximum atomic E-state index is 12.2. The molecule has 3 rings (SSSR count). The zero-order chi connectivity index (χ0) is 14.3. The molecule has 0 radical (unpaired) electrons. The number of H-pyrrole nitrogens is 1. The van der Waals surface area contributed by atoms with Gasteiger partial charge in [0.25, 0.3) is 0 Å². The van der Waals surface area contributed by atoms with Crippen LogP contribution in [-0.2, 0) is 0 Å². The lowest BCUT2D eigenvalue weighted by Crippen LogP contribution is -2.20. The van der Waals surface area contributed by atoms with Crippen molar-refractivity contribution in [3.8, 4) is 0 Å². The number of fused-ring (bicyclic) bond motifs is 1. The number of carboxylic acids is 1. The molecule has 0 saturated heterocycles. The number of aromatic amines is 1. The predicted molar refractivity (Wildman–Crippen MR) is 77.7 cm³/mol. The van der Waals surface area contributed by atoms with Crippen molar-refractivity contribution in [2.75, 3.05) is 0 Å². The van der Waals surface area contributed by atoms with Crippen LogP contribution >= 0.6 is 11.3 Å². The van der Waals surface area contributed by atoms with Crippen LogP contribution in [0.2, 0.25) is 0 Å². The normalized spacial score (nSPS) is 12.7. The summed E-state index contributed by atoms with van der Waals surface area (Å²) < 4.78 is 1.59. The number of para-hydroxylation sites is 1. The number of aromatic carboxylic acids is 1. The SMILES string of the molecule is CC(c1ccsc1)n1c(=O)[nH]c2c(C(=O)O)cccc21. The Morgan fingerprint density at radius 2 is 2.20 bits per heavy atom. The average molecular weight is 288 g/mol. The van der Waals surface area contributed by atoms with Gasteiger partial charge in [0.15, 0.2) is 0 Å². The lowest BCUT2D eigenvalue weighted by Gasteiger charge is -2.12. The van der Waals surface area contributed by atoms with E-state index in [0.717, 1.165) is 5.56 Å². The lowest BCUT2D eigenvalue weighted by atomic mass is 10.1. The van der Waals surface area contributed by atoms with Gasteiger partial charge in [-0.25, -0.2) is 9.59 Å². The fraction of sp³-hybridized carbons (Fsp3) is 0.143. The fourth-order valence-electron chi connectivity index (χ4n) is 2.37. The molecular weight excluding hydrogens is 276 g/mol. The van der Waals surface area contributed by atoms with Gasteiger partial charge in [-0.15, -0.1) is 0 Å². The largest absolute Gasteiger partial charge is 0.478 e. The molecule has 0 fully saturated rings. The second-order valence-electron chi connectivity index (χ2n) is 4.54. The Morgan fingerprint density at radius 3 is 2.85 bits per heavy atom. The van der Waals surface area contributed by atoms with Crippen molar-refractivity contribution in [2.24, 2.45) is 0 Å². The van der Waals surface area contributed by atoms with Crippen molar-refractivity contribution in [2.45, 2.75) is 13.0 Å². The number of nitrogens with zero attached hydrogens (tertiary/aromatic N) is 1. The third kappa shape index (κ3) is 1.85. The Morgan fingerprint density at radius 1 is 1.40 bits per heavy atom. The first-order valence-corrected chi connectivity index (χ1v) is 7.02. The minimum atomic E-state index is -1.05. The van der Waals surface area contributed by atoms with Crippen molar-refractivity contribution < 1.29 is 9.90 Å². The quantitative estimate of drug-likeness (QED) is 0.778. The molecule has 6 heteroatoms. The van der Waals surface area contributed by atoms with Crippen LogP contribution < -0.4 is 5.69 Å². The van der Waals surface area contributed by atoms with E-state index < -0.39 is 5.97 Å². The summed E-state index contributed by atoms with van der Waals surface area (Å²) in [6.45, 7) is 1.92. The summed E-state index contributed by atoms with van der Waals surface area (Å²) >= 11 is 1.56. The molecule has 0 aliphatic heterocycles. The second-order valence-corrected chi connectivity index (χ2v) is 5.32. The molecule has 0 amide bonds. The summed E-state index contributed by atoms with van der Waals surface area (Å²) in [5.74, 6) is -1.05. The summed E-state index contributed by atoms with van der Waals surface area (Å²) in [4.78, 5) is 26.0. The monoisotopic (exact) mass is 288 g/mol. The highest BCUT2D eigenvalue weighted by atomic mass is 32.1. The van der Waals surface area contributed by atoms with Crippen molar-refractivity contribution in [1.29, 1.82) is 0 Å². The van der Waals surface area contributed by atoms with Crippen LogP contribution in [-0.4, -0.2) is 20.6 Å². The van der Waals surface area contributed by atoms with E-state index in [1.165, 1.54) is 6.07 Å². The molecule has 0 aliphatic rings. The third-order valence-corrected chi connectivity index (χ3v) is 4.10. The first-order chi connectivity index (χ1) is 9.59. The van der Waals surface area contributed by atoms with E-state index >= 15 is 0 Å². The molecule has 102 valence electrons. The molecule has 3 aromatic rings. The molecule has 2 N–H and O–H groups in total. The van der Waals surface area contributed by atoms with E-state index in [1.54, 1.807) is 28.0 Å². The Labute approximate surface area is 118 Å². The molecule has 1 unspecified atom stereocenters. The number of thiophene rings is 1. The first kappa shape index (κ1) is 12.7. The molecule has 0 bridgehead atoms. The molecule has 5 nitrogen and oxygen atoms in total. The minimum Gasteiger partial charge on any atom is -0.478 e. The van der Waals surface area contributed by atoms with Gasteiger partial charge < -0.3 is 10.1 Å². The summed E-state index contributed by atoms with van der Waals surface area (Å²) in [5, 5.41) is 13.1. The number of carbonyl (C=O) groups is 1. The van der Waals surface area contributed by atoms with Crippen molar-refractivity contribution in [3.63, 3.8) is 0 Å². The van der Waals surface area contributed by atoms with Crippen LogP contribution in [0.5, 0.6) is 0 Å². The molecule has 0 aliphatic carbocycles. The second kappa shape index (κ2) is 4.64. The topological polar surface area (TPSA) is 75.1 Å². The number of carboxylic acid groups (broad SMARTS) is 1. The maximum Gasteiger partial charge on any atom is 0.337 e.